The monoisotopic (exact) mass is 331 g/mol. The van der Waals surface area contributed by atoms with Crippen LogP contribution in [0.3, 0.4) is 0 Å². The highest BCUT2D eigenvalue weighted by Crippen LogP contribution is 2.36. The van der Waals surface area contributed by atoms with Gasteiger partial charge in [-0.2, -0.15) is 0 Å². The standard InChI is InChI=1S/C15H14F5N3/c1-7-21-6-9-10(16)11(17)14(12(18)13(9)22-7)23-8-2-4-15(19,20)5-3-8/h6,8,23H,2-5H2,1H3. The third kappa shape index (κ3) is 2.94. The Morgan fingerprint density at radius 2 is 1.74 bits per heavy atom. The quantitative estimate of drug-likeness (QED) is 0.657. The Kier molecular flexibility index (Phi) is 3.85. The average molecular weight is 331 g/mol. The number of fused-ring (bicyclic) bond motifs is 1. The van der Waals surface area contributed by atoms with Crippen molar-refractivity contribution in [3.05, 3.63) is 29.5 Å². The Morgan fingerprint density at radius 1 is 1.09 bits per heavy atom. The number of aromatic nitrogens is 2. The summed E-state index contributed by atoms with van der Waals surface area (Å²) in [5.41, 5.74) is -0.997. The molecule has 1 aromatic carbocycles. The van der Waals surface area contributed by atoms with Crippen LogP contribution >= 0.6 is 0 Å². The van der Waals surface area contributed by atoms with Crippen LogP contribution in [0.15, 0.2) is 6.20 Å². The summed E-state index contributed by atoms with van der Waals surface area (Å²) in [4.78, 5) is 7.52. The molecule has 1 fully saturated rings. The zero-order chi connectivity index (χ0) is 16.8. The van der Waals surface area contributed by atoms with Gasteiger partial charge in [-0.15, -0.1) is 0 Å². The molecule has 0 radical (unpaired) electrons. The highest BCUT2D eigenvalue weighted by molar-refractivity contribution is 5.83. The Bertz CT molecular complexity index is 753. The van der Waals surface area contributed by atoms with Crippen LogP contribution in [-0.2, 0) is 0 Å². The van der Waals surface area contributed by atoms with Crippen molar-refractivity contribution in [2.75, 3.05) is 5.32 Å². The molecule has 0 saturated heterocycles. The van der Waals surface area contributed by atoms with Crippen LogP contribution < -0.4 is 5.32 Å². The molecule has 124 valence electrons. The van der Waals surface area contributed by atoms with E-state index >= 15 is 0 Å². The van der Waals surface area contributed by atoms with Crippen molar-refractivity contribution in [1.82, 2.24) is 9.97 Å². The maximum absolute atomic E-state index is 14.5. The van der Waals surface area contributed by atoms with Crippen LogP contribution in [0.25, 0.3) is 10.9 Å². The number of alkyl halides is 2. The predicted octanol–water partition coefficient (Wildman–Crippen LogP) is 4.35. The molecule has 3 rings (SSSR count). The minimum atomic E-state index is -2.76. The maximum Gasteiger partial charge on any atom is 0.248 e. The minimum absolute atomic E-state index is 0.0499. The van der Waals surface area contributed by atoms with Gasteiger partial charge in [0.1, 0.15) is 17.0 Å². The van der Waals surface area contributed by atoms with E-state index in [4.69, 9.17) is 0 Å². The molecule has 0 unspecified atom stereocenters. The smallest absolute Gasteiger partial charge is 0.248 e. The van der Waals surface area contributed by atoms with Gasteiger partial charge < -0.3 is 5.32 Å². The fourth-order valence-corrected chi connectivity index (χ4v) is 2.76. The second-order valence-corrected chi connectivity index (χ2v) is 5.77. The summed E-state index contributed by atoms with van der Waals surface area (Å²) >= 11 is 0. The molecule has 0 amide bonds. The molecule has 1 aliphatic rings. The van der Waals surface area contributed by atoms with Crippen LogP contribution in [0.2, 0.25) is 0 Å². The molecule has 1 saturated carbocycles. The molecule has 0 spiro atoms. The SMILES string of the molecule is Cc1ncc2c(F)c(F)c(NC3CCC(F)(F)CC3)c(F)c2n1. The number of nitrogens with zero attached hydrogens (tertiary/aromatic N) is 2. The number of rotatable bonds is 2. The molecule has 2 aromatic rings. The molecule has 1 heterocycles. The number of halogens is 5. The number of hydrogen-bond donors (Lipinski definition) is 1. The van der Waals surface area contributed by atoms with E-state index in [9.17, 15) is 22.0 Å². The zero-order valence-electron chi connectivity index (χ0n) is 12.3. The first-order valence-electron chi connectivity index (χ1n) is 7.22. The minimum Gasteiger partial charge on any atom is -0.377 e. The molecule has 0 bridgehead atoms. The Balaban J connectivity index is 1.98. The summed E-state index contributed by atoms with van der Waals surface area (Å²) in [6, 6.07) is -0.543. The van der Waals surface area contributed by atoms with Crippen LogP contribution in [0.5, 0.6) is 0 Å². The fraction of sp³-hybridized carbons (Fsp3) is 0.467. The van der Waals surface area contributed by atoms with E-state index < -0.39 is 35.1 Å². The number of aryl methyl sites for hydroxylation is 1. The third-order valence-electron chi connectivity index (χ3n) is 4.05. The van der Waals surface area contributed by atoms with Crippen molar-refractivity contribution in [2.24, 2.45) is 0 Å². The lowest BCUT2D eigenvalue weighted by molar-refractivity contribution is -0.0361. The van der Waals surface area contributed by atoms with Gasteiger partial charge in [0, 0.05) is 25.1 Å². The maximum atomic E-state index is 14.5. The molecular weight excluding hydrogens is 317 g/mol. The van der Waals surface area contributed by atoms with E-state index in [0.717, 1.165) is 6.20 Å². The van der Waals surface area contributed by atoms with Crippen molar-refractivity contribution >= 4 is 16.6 Å². The first-order valence-corrected chi connectivity index (χ1v) is 7.22. The summed E-state index contributed by atoms with van der Waals surface area (Å²) in [5.74, 6) is -6.23. The van der Waals surface area contributed by atoms with Gasteiger partial charge in [0.05, 0.1) is 5.39 Å². The summed E-state index contributed by atoms with van der Waals surface area (Å²) in [5, 5.41) is 2.17. The Labute approximate surface area is 128 Å². The topological polar surface area (TPSA) is 37.8 Å². The molecule has 8 heteroatoms. The molecule has 0 aliphatic heterocycles. The van der Waals surface area contributed by atoms with E-state index in [2.05, 4.69) is 15.3 Å². The lowest BCUT2D eigenvalue weighted by Gasteiger charge is -2.29. The molecule has 23 heavy (non-hydrogen) atoms. The van der Waals surface area contributed by atoms with Crippen LogP contribution in [0.1, 0.15) is 31.5 Å². The molecule has 1 aromatic heterocycles. The van der Waals surface area contributed by atoms with Crippen molar-refractivity contribution < 1.29 is 22.0 Å². The molecule has 0 atom stereocenters. The van der Waals surface area contributed by atoms with Gasteiger partial charge in [0.15, 0.2) is 17.5 Å². The van der Waals surface area contributed by atoms with Gasteiger partial charge >= 0.3 is 0 Å². The van der Waals surface area contributed by atoms with Gasteiger partial charge in [-0.25, -0.2) is 31.9 Å². The largest absolute Gasteiger partial charge is 0.377 e. The molecule has 3 nitrogen and oxygen atoms in total. The summed E-state index contributed by atoms with van der Waals surface area (Å²) < 4.78 is 69.0. The van der Waals surface area contributed by atoms with Gasteiger partial charge in [0.25, 0.3) is 0 Å². The summed E-state index contributed by atoms with van der Waals surface area (Å²) in [7, 11) is 0. The van der Waals surface area contributed by atoms with E-state index in [1.54, 1.807) is 0 Å². The number of anilines is 1. The van der Waals surface area contributed by atoms with E-state index in [1.165, 1.54) is 6.92 Å². The first kappa shape index (κ1) is 15.9. The molecular formula is C15H14F5N3. The lowest BCUT2D eigenvalue weighted by Crippen LogP contribution is -2.32. The Hall–Kier alpha value is -1.99. The first-order chi connectivity index (χ1) is 10.8. The highest BCUT2D eigenvalue weighted by Gasteiger charge is 2.35. The zero-order valence-corrected chi connectivity index (χ0v) is 12.3. The average Bonchev–Trinajstić information content (AvgIpc) is 2.51. The van der Waals surface area contributed by atoms with Crippen molar-refractivity contribution in [3.63, 3.8) is 0 Å². The molecule has 1 aliphatic carbocycles. The molecule has 1 N–H and O–H groups in total. The second kappa shape index (κ2) is 5.58. The van der Waals surface area contributed by atoms with Gasteiger partial charge in [-0.1, -0.05) is 0 Å². The van der Waals surface area contributed by atoms with Crippen molar-refractivity contribution in [1.29, 1.82) is 0 Å². The number of hydrogen-bond acceptors (Lipinski definition) is 3. The van der Waals surface area contributed by atoms with E-state index in [1.807, 2.05) is 0 Å². The Morgan fingerprint density at radius 3 is 2.39 bits per heavy atom. The van der Waals surface area contributed by atoms with Crippen LogP contribution in [0.4, 0.5) is 27.6 Å². The van der Waals surface area contributed by atoms with Crippen LogP contribution in [-0.4, -0.2) is 21.9 Å². The summed E-state index contributed by atoms with van der Waals surface area (Å²) in [6.07, 6.45) is 0.378. The third-order valence-corrected chi connectivity index (χ3v) is 4.05. The van der Waals surface area contributed by atoms with Crippen molar-refractivity contribution in [3.8, 4) is 0 Å². The normalized spacial score (nSPS) is 18.3. The summed E-state index contributed by atoms with van der Waals surface area (Å²) in [6.45, 7) is 1.50. The highest BCUT2D eigenvalue weighted by atomic mass is 19.3. The van der Waals surface area contributed by atoms with Gasteiger partial charge in [-0.3, -0.25) is 0 Å². The van der Waals surface area contributed by atoms with Gasteiger partial charge in [-0.05, 0) is 19.8 Å². The van der Waals surface area contributed by atoms with Crippen LogP contribution in [0, 0.1) is 24.4 Å². The van der Waals surface area contributed by atoms with Crippen molar-refractivity contribution in [2.45, 2.75) is 44.6 Å². The van der Waals surface area contributed by atoms with Gasteiger partial charge in [0.2, 0.25) is 5.92 Å². The van der Waals surface area contributed by atoms with E-state index in [-0.39, 0.29) is 42.4 Å². The lowest BCUT2D eigenvalue weighted by atomic mass is 9.92. The number of benzene rings is 1. The fourth-order valence-electron chi connectivity index (χ4n) is 2.76. The van der Waals surface area contributed by atoms with E-state index in [0.29, 0.717) is 0 Å². The number of nitrogens with one attached hydrogen (secondary N) is 1. The second-order valence-electron chi connectivity index (χ2n) is 5.77. The predicted molar refractivity (Wildman–Crippen MR) is 75.0 cm³/mol.